The van der Waals surface area contributed by atoms with Crippen LogP contribution in [0.2, 0.25) is 0 Å². The first-order chi connectivity index (χ1) is 10.7. The van der Waals surface area contributed by atoms with Crippen molar-refractivity contribution in [2.75, 3.05) is 0 Å². The molecule has 0 aromatic carbocycles. The molecule has 0 spiro atoms. The molecular weight excluding hydrogens is 300 g/mol. The molecule has 0 atom stereocenters. The number of rotatable bonds is 5. The van der Waals surface area contributed by atoms with Crippen LogP contribution < -0.4 is 0 Å². The molecule has 3 aromatic rings. The number of ketones is 1. The highest BCUT2D eigenvalue weighted by molar-refractivity contribution is 7.08. The Morgan fingerprint density at radius 1 is 1.32 bits per heavy atom. The van der Waals surface area contributed by atoms with Gasteiger partial charge in [-0.05, 0) is 35.1 Å². The first kappa shape index (κ1) is 14.2. The Balaban J connectivity index is 1.82. The van der Waals surface area contributed by atoms with Crippen LogP contribution in [0, 0.1) is 0 Å². The number of thiophene rings is 1. The number of H-pyrrole nitrogens is 1. The van der Waals surface area contributed by atoms with Crippen LogP contribution in [0.4, 0.5) is 0 Å². The van der Waals surface area contributed by atoms with Gasteiger partial charge in [0.2, 0.25) is 5.82 Å². The molecule has 0 fully saturated rings. The molecular formula is C15H12N4O2S. The first-order valence-electron chi connectivity index (χ1n) is 6.49. The molecule has 0 amide bonds. The Morgan fingerprint density at radius 2 is 2.14 bits per heavy atom. The van der Waals surface area contributed by atoms with Crippen molar-refractivity contribution in [3.8, 4) is 0 Å². The predicted octanol–water partition coefficient (Wildman–Crippen LogP) is 2.63. The quantitative estimate of drug-likeness (QED) is 0.429. The van der Waals surface area contributed by atoms with Gasteiger partial charge in [0.25, 0.3) is 0 Å². The Kier molecular flexibility index (Phi) is 4.06. The summed E-state index contributed by atoms with van der Waals surface area (Å²) in [6.45, 7) is 0. The van der Waals surface area contributed by atoms with Gasteiger partial charge < -0.3 is 5.11 Å². The summed E-state index contributed by atoms with van der Waals surface area (Å²) in [5.41, 5.74) is 2.56. The molecule has 0 aliphatic rings. The van der Waals surface area contributed by atoms with Crippen LogP contribution in [0.3, 0.4) is 0 Å². The summed E-state index contributed by atoms with van der Waals surface area (Å²) >= 11 is 1.45. The maximum absolute atomic E-state index is 12.3. The van der Waals surface area contributed by atoms with Crippen molar-refractivity contribution in [1.29, 1.82) is 0 Å². The molecule has 3 rings (SSSR count). The number of carbonyl (C=O) groups is 1. The highest BCUT2D eigenvalue weighted by atomic mass is 32.1. The first-order valence-corrected chi connectivity index (χ1v) is 7.43. The average molecular weight is 312 g/mol. The maximum Gasteiger partial charge on any atom is 0.215 e. The number of aliphatic hydroxyl groups is 1. The lowest BCUT2D eigenvalue weighted by Crippen LogP contribution is -2.00. The largest absolute Gasteiger partial charge is 0.504 e. The number of nitrogens with one attached hydrogen (secondary N) is 1. The van der Waals surface area contributed by atoms with Crippen LogP contribution in [0.15, 0.2) is 47.7 Å². The van der Waals surface area contributed by atoms with Crippen molar-refractivity contribution >= 4 is 22.9 Å². The van der Waals surface area contributed by atoms with Crippen molar-refractivity contribution in [1.82, 2.24) is 20.2 Å². The lowest BCUT2D eigenvalue weighted by Gasteiger charge is -2.02. The molecule has 0 unspecified atom stereocenters. The van der Waals surface area contributed by atoms with Crippen LogP contribution >= 0.6 is 11.3 Å². The van der Waals surface area contributed by atoms with Crippen molar-refractivity contribution < 1.29 is 9.90 Å². The van der Waals surface area contributed by atoms with Gasteiger partial charge in [-0.1, -0.05) is 0 Å². The van der Waals surface area contributed by atoms with Crippen LogP contribution in [0.5, 0.6) is 0 Å². The van der Waals surface area contributed by atoms with Crippen molar-refractivity contribution in [3.05, 3.63) is 70.2 Å². The van der Waals surface area contributed by atoms with E-state index in [-0.39, 0.29) is 17.4 Å². The van der Waals surface area contributed by atoms with E-state index in [1.54, 1.807) is 17.8 Å². The summed E-state index contributed by atoms with van der Waals surface area (Å²) in [6.07, 6.45) is 6.56. The van der Waals surface area contributed by atoms with Gasteiger partial charge in [0.05, 0.1) is 0 Å². The van der Waals surface area contributed by atoms with Crippen LogP contribution in [-0.4, -0.2) is 31.1 Å². The predicted molar refractivity (Wildman–Crippen MR) is 82.7 cm³/mol. The third kappa shape index (κ3) is 3.09. The lowest BCUT2D eigenvalue weighted by molar-refractivity contribution is 0.104. The minimum absolute atomic E-state index is 0.0965. The van der Waals surface area contributed by atoms with Gasteiger partial charge in [-0.15, -0.1) is 0 Å². The van der Waals surface area contributed by atoms with Crippen molar-refractivity contribution in [2.45, 2.75) is 6.42 Å². The Labute approximate surface area is 130 Å². The number of allylic oxidation sites excluding steroid dienone is 1. The molecule has 6 nitrogen and oxygen atoms in total. The smallest absolute Gasteiger partial charge is 0.215 e. The van der Waals surface area contributed by atoms with E-state index in [4.69, 9.17) is 0 Å². The summed E-state index contributed by atoms with van der Waals surface area (Å²) < 4.78 is 0. The summed E-state index contributed by atoms with van der Waals surface area (Å²) in [5, 5.41) is 19.8. The minimum Gasteiger partial charge on any atom is -0.504 e. The van der Waals surface area contributed by atoms with Gasteiger partial charge in [0.15, 0.2) is 11.5 Å². The summed E-state index contributed by atoms with van der Waals surface area (Å²) in [4.78, 5) is 20.1. The number of pyridine rings is 1. The fourth-order valence-corrected chi connectivity index (χ4v) is 2.84. The zero-order chi connectivity index (χ0) is 15.4. The van der Waals surface area contributed by atoms with Gasteiger partial charge in [0, 0.05) is 29.4 Å². The third-order valence-electron chi connectivity index (χ3n) is 3.06. The van der Waals surface area contributed by atoms with Crippen LogP contribution in [0.1, 0.15) is 27.3 Å². The SMILES string of the molecule is O=C(C=C(O)c1nc[nH]n1)c1cscc1Cc1ccncc1. The molecule has 0 saturated carbocycles. The molecule has 0 radical (unpaired) electrons. The molecule has 3 heterocycles. The number of aromatic amines is 1. The second-order valence-corrected chi connectivity index (χ2v) is 5.30. The maximum atomic E-state index is 12.3. The molecule has 3 aromatic heterocycles. The fraction of sp³-hybridized carbons (Fsp3) is 0.0667. The van der Waals surface area contributed by atoms with Crippen LogP contribution in [0.25, 0.3) is 5.76 Å². The van der Waals surface area contributed by atoms with E-state index in [9.17, 15) is 9.90 Å². The van der Waals surface area contributed by atoms with E-state index in [0.29, 0.717) is 12.0 Å². The van der Waals surface area contributed by atoms with E-state index in [1.165, 1.54) is 17.7 Å². The van der Waals surface area contributed by atoms with E-state index >= 15 is 0 Å². The zero-order valence-electron chi connectivity index (χ0n) is 11.4. The number of aromatic nitrogens is 4. The standard InChI is InChI=1S/C15H12N4O2S/c20-13(6-14(21)15-17-9-18-19-15)12-8-22-7-11(12)5-10-1-3-16-4-2-10/h1-4,6-9,21H,5H2,(H,17,18,19). The van der Waals surface area contributed by atoms with Gasteiger partial charge in [-0.3, -0.25) is 14.9 Å². The second kappa shape index (κ2) is 6.31. The van der Waals surface area contributed by atoms with Crippen LogP contribution in [-0.2, 0) is 6.42 Å². The molecule has 2 N–H and O–H groups in total. The van der Waals surface area contributed by atoms with Gasteiger partial charge in [-0.2, -0.15) is 16.4 Å². The molecule has 0 saturated heterocycles. The van der Waals surface area contributed by atoms with Gasteiger partial charge >= 0.3 is 0 Å². The second-order valence-electron chi connectivity index (χ2n) is 4.56. The molecule has 0 aliphatic heterocycles. The lowest BCUT2D eigenvalue weighted by atomic mass is 10.0. The Morgan fingerprint density at radius 3 is 2.86 bits per heavy atom. The number of aliphatic hydroxyl groups excluding tert-OH is 1. The van der Waals surface area contributed by atoms with E-state index in [2.05, 4.69) is 20.2 Å². The fourth-order valence-electron chi connectivity index (χ4n) is 2.00. The molecule has 0 bridgehead atoms. The molecule has 22 heavy (non-hydrogen) atoms. The van der Waals surface area contributed by atoms with E-state index in [0.717, 1.165) is 17.2 Å². The summed E-state index contributed by atoms with van der Waals surface area (Å²) in [5.74, 6) is -0.431. The normalized spacial score (nSPS) is 11.5. The summed E-state index contributed by atoms with van der Waals surface area (Å²) in [7, 11) is 0. The van der Waals surface area contributed by atoms with Crippen molar-refractivity contribution in [3.63, 3.8) is 0 Å². The van der Waals surface area contributed by atoms with Gasteiger partial charge in [-0.25, -0.2) is 4.98 Å². The van der Waals surface area contributed by atoms with Gasteiger partial charge in [0.1, 0.15) is 6.33 Å². The Hall–Kier alpha value is -2.80. The summed E-state index contributed by atoms with van der Waals surface area (Å²) in [6, 6.07) is 3.82. The molecule has 0 aliphatic carbocycles. The number of carbonyl (C=O) groups excluding carboxylic acids is 1. The minimum atomic E-state index is -0.271. The monoisotopic (exact) mass is 312 g/mol. The molecule has 7 heteroatoms. The van der Waals surface area contributed by atoms with E-state index < -0.39 is 0 Å². The van der Waals surface area contributed by atoms with E-state index in [1.807, 2.05) is 17.5 Å². The number of hydrogen-bond donors (Lipinski definition) is 2. The van der Waals surface area contributed by atoms with Crippen molar-refractivity contribution in [2.24, 2.45) is 0 Å². The topological polar surface area (TPSA) is 91.8 Å². The molecule has 110 valence electrons. The average Bonchev–Trinajstić information content (AvgIpc) is 3.19. The Bertz CT molecular complexity index is 794. The third-order valence-corrected chi connectivity index (χ3v) is 3.86. The highest BCUT2D eigenvalue weighted by Gasteiger charge is 2.14. The zero-order valence-corrected chi connectivity index (χ0v) is 12.2. The number of nitrogens with zero attached hydrogens (tertiary/aromatic N) is 3. The highest BCUT2D eigenvalue weighted by Crippen LogP contribution is 2.20. The number of hydrogen-bond acceptors (Lipinski definition) is 6.